The van der Waals surface area contributed by atoms with Gasteiger partial charge in [0.05, 0.1) is 6.73 Å². The molecule has 4 heteroatoms. The zero-order chi connectivity index (χ0) is 5.54. The maximum atomic E-state index is 5.15. The van der Waals surface area contributed by atoms with E-state index >= 15 is 0 Å². The summed E-state index contributed by atoms with van der Waals surface area (Å²) in [6.45, 7) is 0.986. The van der Waals surface area contributed by atoms with Crippen molar-refractivity contribution in [3.63, 3.8) is 0 Å². The molecule has 0 saturated carbocycles. The second-order valence-electron chi connectivity index (χ2n) is 1.22. The van der Waals surface area contributed by atoms with Crippen LogP contribution >= 0.6 is 0 Å². The van der Waals surface area contributed by atoms with Crippen LogP contribution in [0.25, 0.3) is 0 Å². The maximum Gasteiger partial charge on any atom is 0.277 e. The largest absolute Gasteiger partial charge is 0.428 e. The van der Waals surface area contributed by atoms with Crippen LogP contribution in [0, 0.1) is 0 Å². The van der Waals surface area contributed by atoms with Crippen molar-refractivity contribution in [1.29, 1.82) is 0 Å². The molecular formula is C3H11BN2O. The molecule has 0 aliphatic carbocycles. The molecule has 0 spiro atoms. The van der Waals surface area contributed by atoms with Crippen LogP contribution in [0.5, 0.6) is 0 Å². The minimum atomic E-state index is 0.306. The molecule has 0 atom stereocenters. The van der Waals surface area contributed by atoms with Gasteiger partial charge in [-0.3, -0.25) is 0 Å². The van der Waals surface area contributed by atoms with Gasteiger partial charge in [0.15, 0.2) is 0 Å². The van der Waals surface area contributed by atoms with E-state index in [1.807, 2.05) is 0 Å². The molecule has 0 heterocycles. The summed E-state index contributed by atoms with van der Waals surface area (Å²) >= 11 is 0. The van der Waals surface area contributed by atoms with E-state index in [0.29, 0.717) is 20.8 Å². The Balaban J connectivity index is 2.45. The van der Waals surface area contributed by atoms with Crippen LogP contribution in [0.2, 0.25) is 6.32 Å². The molecule has 7 heavy (non-hydrogen) atoms. The molecule has 0 aromatic carbocycles. The summed E-state index contributed by atoms with van der Waals surface area (Å²) in [6, 6.07) is 0. The van der Waals surface area contributed by atoms with E-state index in [1.165, 1.54) is 0 Å². The fraction of sp³-hybridized carbons (Fsp3) is 1.00. The molecule has 4 N–H and O–H groups in total. The van der Waals surface area contributed by atoms with Gasteiger partial charge in [-0.15, -0.1) is 0 Å². The standard InChI is InChI=1S/C3H11BN2O/c5-2-1-4-7-3-6/h4H,1-3,5-6H2. The second kappa shape index (κ2) is 5.94. The molecule has 0 radical (unpaired) electrons. The number of hydrogen-bond acceptors (Lipinski definition) is 3. The van der Waals surface area contributed by atoms with E-state index in [9.17, 15) is 0 Å². The zero-order valence-electron chi connectivity index (χ0n) is 4.39. The van der Waals surface area contributed by atoms with Crippen LogP contribution in [-0.2, 0) is 4.65 Å². The Kier molecular flexibility index (Phi) is 5.90. The van der Waals surface area contributed by atoms with Gasteiger partial charge in [0.1, 0.15) is 0 Å². The monoisotopic (exact) mass is 102 g/mol. The number of rotatable bonds is 4. The summed E-state index contributed by atoms with van der Waals surface area (Å²) < 4.78 is 4.77. The van der Waals surface area contributed by atoms with Crippen LogP contribution in [0.3, 0.4) is 0 Å². The summed E-state index contributed by atoms with van der Waals surface area (Å²) in [7, 11) is 0.688. The molecule has 0 saturated heterocycles. The van der Waals surface area contributed by atoms with Crippen molar-refractivity contribution in [2.45, 2.75) is 6.32 Å². The highest BCUT2D eigenvalue weighted by molar-refractivity contribution is 6.27. The Morgan fingerprint density at radius 3 is 2.57 bits per heavy atom. The third-order valence-corrected chi connectivity index (χ3v) is 0.611. The first-order chi connectivity index (χ1) is 3.41. The minimum absolute atomic E-state index is 0.306. The number of hydrogen-bond donors (Lipinski definition) is 2. The Morgan fingerprint density at radius 2 is 2.14 bits per heavy atom. The lowest BCUT2D eigenvalue weighted by atomic mass is 9.96. The molecule has 0 unspecified atom stereocenters. The van der Waals surface area contributed by atoms with E-state index in [1.54, 1.807) is 0 Å². The number of nitrogens with two attached hydrogens (primary N) is 2. The fourth-order valence-corrected chi connectivity index (χ4v) is 0.269. The molecule has 3 nitrogen and oxygen atoms in total. The average Bonchev–Trinajstić information content (AvgIpc) is 1.69. The summed E-state index contributed by atoms with van der Waals surface area (Å²) in [4.78, 5) is 0. The van der Waals surface area contributed by atoms with Crippen molar-refractivity contribution in [2.24, 2.45) is 11.5 Å². The van der Waals surface area contributed by atoms with Crippen LogP contribution in [-0.4, -0.2) is 20.8 Å². The Morgan fingerprint density at radius 1 is 1.43 bits per heavy atom. The van der Waals surface area contributed by atoms with E-state index < -0.39 is 0 Å². The van der Waals surface area contributed by atoms with Crippen molar-refractivity contribution in [3.8, 4) is 0 Å². The van der Waals surface area contributed by atoms with E-state index in [0.717, 1.165) is 6.32 Å². The normalized spacial score (nSPS) is 8.86. The average molecular weight is 102 g/mol. The summed E-state index contributed by atoms with van der Waals surface area (Å²) in [5.74, 6) is 0. The first kappa shape index (κ1) is 6.94. The lowest BCUT2D eigenvalue weighted by Crippen LogP contribution is -2.11. The molecule has 0 aliphatic heterocycles. The molecule has 0 bridgehead atoms. The highest BCUT2D eigenvalue weighted by atomic mass is 16.4. The smallest absolute Gasteiger partial charge is 0.277 e. The van der Waals surface area contributed by atoms with Gasteiger partial charge in [0.25, 0.3) is 7.48 Å². The molecule has 0 fully saturated rings. The van der Waals surface area contributed by atoms with Gasteiger partial charge in [-0.25, -0.2) is 0 Å². The molecular weight excluding hydrogens is 90.9 g/mol. The van der Waals surface area contributed by atoms with Gasteiger partial charge in [-0.2, -0.15) is 0 Å². The molecule has 0 aliphatic rings. The summed E-state index contributed by atoms with van der Waals surface area (Å²) in [5, 5.41) is 0. The lowest BCUT2D eigenvalue weighted by molar-refractivity contribution is 0.348. The van der Waals surface area contributed by atoms with Gasteiger partial charge in [-0.05, 0) is 12.9 Å². The fourth-order valence-electron chi connectivity index (χ4n) is 0.269. The first-order valence-corrected chi connectivity index (χ1v) is 2.39. The van der Waals surface area contributed by atoms with Gasteiger partial charge in [0.2, 0.25) is 0 Å². The van der Waals surface area contributed by atoms with Crippen LogP contribution in [0.4, 0.5) is 0 Å². The molecule has 0 rings (SSSR count). The maximum absolute atomic E-state index is 5.15. The van der Waals surface area contributed by atoms with Gasteiger partial charge < -0.3 is 16.1 Å². The van der Waals surface area contributed by atoms with Gasteiger partial charge in [-0.1, -0.05) is 0 Å². The summed E-state index contributed by atoms with van der Waals surface area (Å²) in [6.07, 6.45) is 0.900. The second-order valence-corrected chi connectivity index (χ2v) is 1.22. The van der Waals surface area contributed by atoms with Crippen LogP contribution < -0.4 is 11.5 Å². The molecule has 42 valence electrons. The van der Waals surface area contributed by atoms with Crippen molar-refractivity contribution in [1.82, 2.24) is 0 Å². The predicted octanol–water partition coefficient (Wildman–Crippen LogP) is -1.35. The van der Waals surface area contributed by atoms with E-state index in [4.69, 9.17) is 16.1 Å². The topological polar surface area (TPSA) is 61.3 Å². The predicted molar refractivity (Wildman–Crippen MR) is 31.1 cm³/mol. The lowest BCUT2D eigenvalue weighted by Gasteiger charge is -1.92. The quantitative estimate of drug-likeness (QED) is 0.262. The highest BCUT2D eigenvalue weighted by Gasteiger charge is 1.83. The van der Waals surface area contributed by atoms with Gasteiger partial charge in [0, 0.05) is 0 Å². The summed E-state index contributed by atoms with van der Waals surface area (Å²) in [5.41, 5.74) is 10.2. The van der Waals surface area contributed by atoms with E-state index in [-0.39, 0.29) is 0 Å². The minimum Gasteiger partial charge on any atom is -0.428 e. The van der Waals surface area contributed by atoms with Crippen LogP contribution in [0.1, 0.15) is 0 Å². The molecule has 0 amide bonds. The van der Waals surface area contributed by atoms with Crippen molar-refractivity contribution in [3.05, 3.63) is 0 Å². The Bertz CT molecular complexity index is 32.1. The third kappa shape index (κ3) is 5.94. The van der Waals surface area contributed by atoms with Crippen molar-refractivity contribution < 1.29 is 4.65 Å². The molecule has 0 aromatic rings. The Labute approximate surface area is 44.3 Å². The first-order valence-electron chi connectivity index (χ1n) is 2.39. The van der Waals surface area contributed by atoms with Gasteiger partial charge >= 0.3 is 0 Å². The van der Waals surface area contributed by atoms with Crippen LogP contribution in [0.15, 0.2) is 0 Å². The third-order valence-electron chi connectivity index (χ3n) is 0.611. The Hall–Kier alpha value is -0.0551. The molecule has 0 aromatic heterocycles. The van der Waals surface area contributed by atoms with Crippen molar-refractivity contribution >= 4 is 7.48 Å². The van der Waals surface area contributed by atoms with E-state index in [2.05, 4.69) is 0 Å². The van der Waals surface area contributed by atoms with Crippen molar-refractivity contribution in [2.75, 3.05) is 13.3 Å². The zero-order valence-corrected chi connectivity index (χ0v) is 4.39. The SMILES string of the molecule is NCCBOCN. The highest BCUT2D eigenvalue weighted by Crippen LogP contribution is 1.71.